The molecule has 0 aliphatic carbocycles. The summed E-state index contributed by atoms with van der Waals surface area (Å²) in [6.07, 6.45) is 1.39. The molecule has 0 aliphatic rings. The molecule has 1 aromatic carbocycles. The van der Waals surface area contributed by atoms with Crippen LogP contribution in [0.1, 0.15) is 22.2 Å². The van der Waals surface area contributed by atoms with Gasteiger partial charge in [0.05, 0.1) is 19.1 Å². The number of esters is 1. The molecule has 6 nitrogen and oxygen atoms in total. The minimum Gasteiger partial charge on any atom is -0.493 e. The van der Waals surface area contributed by atoms with Crippen molar-refractivity contribution in [1.29, 1.82) is 0 Å². The number of rotatable bonds is 5. The van der Waals surface area contributed by atoms with E-state index in [1.54, 1.807) is 25.1 Å². The molecule has 0 N–H and O–H groups in total. The number of carbonyl (C=O) groups is 1. The summed E-state index contributed by atoms with van der Waals surface area (Å²) in [6, 6.07) is 5.05. The number of hydrogen-bond acceptors (Lipinski definition) is 7. The maximum absolute atomic E-state index is 12.1. The minimum atomic E-state index is -0.377. The van der Waals surface area contributed by atoms with Crippen LogP contribution in [0.4, 0.5) is 0 Å². The summed E-state index contributed by atoms with van der Waals surface area (Å²) >= 11 is 7.23. The first-order chi connectivity index (χ1) is 12.0. The van der Waals surface area contributed by atoms with E-state index in [9.17, 15) is 4.79 Å². The Morgan fingerprint density at radius 3 is 2.80 bits per heavy atom. The largest absolute Gasteiger partial charge is 0.493 e. The quantitative estimate of drug-likeness (QED) is 0.603. The van der Waals surface area contributed by atoms with Gasteiger partial charge < -0.3 is 14.2 Å². The van der Waals surface area contributed by atoms with Gasteiger partial charge >= 0.3 is 5.97 Å². The van der Waals surface area contributed by atoms with Crippen molar-refractivity contribution in [2.75, 3.05) is 13.7 Å². The molecule has 0 unspecified atom stereocenters. The lowest BCUT2D eigenvalue weighted by Gasteiger charge is -2.10. The zero-order valence-corrected chi connectivity index (χ0v) is 15.4. The van der Waals surface area contributed by atoms with Crippen molar-refractivity contribution in [2.24, 2.45) is 0 Å². The number of fused-ring (bicyclic) bond motifs is 1. The van der Waals surface area contributed by atoms with Gasteiger partial charge in [0.1, 0.15) is 16.0 Å². The van der Waals surface area contributed by atoms with Gasteiger partial charge in [-0.15, -0.1) is 11.3 Å². The maximum atomic E-state index is 12.1. The number of methoxy groups -OCH3 is 1. The first-order valence-corrected chi connectivity index (χ1v) is 8.67. The Hall–Kier alpha value is -2.38. The molecule has 2 heterocycles. The van der Waals surface area contributed by atoms with E-state index in [2.05, 4.69) is 9.97 Å². The molecular formula is C17H15ClN2O4S. The van der Waals surface area contributed by atoms with E-state index >= 15 is 0 Å². The maximum Gasteiger partial charge on any atom is 0.348 e. The van der Waals surface area contributed by atoms with Gasteiger partial charge in [0.15, 0.2) is 11.5 Å². The average Bonchev–Trinajstić information content (AvgIpc) is 2.94. The second-order valence-corrected chi connectivity index (χ2v) is 6.47. The van der Waals surface area contributed by atoms with Gasteiger partial charge in [0.25, 0.3) is 0 Å². The lowest BCUT2D eigenvalue weighted by Crippen LogP contribution is -2.03. The molecule has 0 aliphatic heterocycles. The Morgan fingerprint density at radius 2 is 2.08 bits per heavy atom. The number of hydrogen-bond donors (Lipinski definition) is 0. The molecule has 130 valence electrons. The number of nitrogens with zero attached hydrogens (tertiary/aromatic N) is 2. The van der Waals surface area contributed by atoms with E-state index in [0.717, 1.165) is 5.56 Å². The molecule has 0 saturated carbocycles. The molecule has 25 heavy (non-hydrogen) atoms. The van der Waals surface area contributed by atoms with Gasteiger partial charge in [-0.3, -0.25) is 0 Å². The number of ether oxygens (including phenoxy) is 3. The zero-order chi connectivity index (χ0) is 18.0. The Bertz CT molecular complexity index is 942. The van der Waals surface area contributed by atoms with Crippen molar-refractivity contribution in [3.63, 3.8) is 0 Å². The highest BCUT2D eigenvalue weighted by molar-refractivity contribution is 7.20. The van der Waals surface area contributed by atoms with Crippen LogP contribution >= 0.6 is 22.9 Å². The van der Waals surface area contributed by atoms with Crippen LogP contribution in [0.15, 0.2) is 24.5 Å². The Morgan fingerprint density at radius 1 is 1.28 bits per heavy atom. The smallest absolute Gasteiger partial charge is 0.348 e. The normalized spacial score (nSPS) is 10.7. The second kappa shape index (κ2) is 7.25. The van der Waals surface area contributed by atoms with E-state index in [4.69, 9.17) is 25.8 Å². The highest BCUT2D eigenvalue weighted by atomic mass is 35.5. The predicted molar refractivity (Wildman–Crippen MR) is 96.2 cm³/mol. The van der Waals surface area contributed by atoms with Gasteiger partial charge in [0, 0.05) is 11.1 Å². The van der Waals surface area contributed by atoms with Crippen LogP contribution in [0.2, 0.25) is 5.02 Å². The molecule has 0 bridgehead atoms. The van der Waals surface area contributed by atoms with Crippen molar-refractivity contribution < 1.29 is 19.0 Å². The van der Waals surface area contributed by atoms with Crippen LogP contribution in [0, 0.1) is 6.92 Å². The van der Waals surface area contributed by atoms with Gasteiger partial charge in [-0.05, 0) is 31.5 Å². The van der Waals surface area contributed by atoms with E-state index < -0.39 is 0 Å². The van der Waals surface area contributed by atoms with Crippen molar-refractivity contribution >= 4 is 39.1 Å². The molecule has 8 heteroatoms. The summed E-state index contributed by atoms with van der Waals surface area (Å²) in [5.41, 5.74) is 0.724. The molecule has 3 rings (SSSR count). The average molecular weight is 379 g/mol. The number of aromatic nitrogens is 2. The molecule has 0 fully saturated rings. The SMILES string of the molecule is CCOC(=O)c1sc2ncnc(Oc3ccc(Cl)cc3OC)c2c1C. The number of benzene rings is 1. The number of halogens is 1. The molecule has 0 spiro atoms. The van der Waals surface area contributed by atoms with E-state index in [0.29, 0.717) is 44.1 Å². The number of thiophene rings is 1. The van der Waals surface area contributed by atoms with E-state index in [1.165, 1.54) is 24.8 Å². The Kier molecular flexibility index (Phi) is 5.06. The lowest BCUT2D eigenvalue weighted by molar-refractivity contribution is 0.0531. The monoisotopic (exact) mass is 378 g/mol. The fourth-order valence-corrected chi connectivity index (χ4v) is 3.53. The van der Waals surface area contributed by atoms with Gasteiger partial charge in [-0.25, -0.2) is 14.8 Å². The third-order valence-electron chi connectivity index (χ3n) is 3.49. The number of aryl methyl sites for hydroxylation is 1. The summed E-state index contributed by atoms with van der Waals surface area (Å²) in [5.74, 6) is 0.917. The van der Waals surface area contributed by atoms with Crippen LogP contribution in [0.3, 0.4) is 0 Å². The van der Waals surface area contributed by atoms with Crippen LogP contribution in [0.5, 0.6) is 17.4 Å². The fourth-order valence-electron chi connectivity index (χ4n) is 2.34. The molecule has 3 aromatic rings. The zero-order valence-electron chi connectivity index (χ0n) is 13.8. The highest BCUT2D eigenvalue weighted by Gasteiger charge is 2.21. The Balaban J connectivity index is 2.07. The van der Waals surface area contributed by atoms with Crippen molar-refractivity contribution in [3.05, 3.63) is 40.0 Å². The molecular weight excluding hydrogens is 364 g/mol. The van der Waals surface area contributed by atoms with Crippen LogP contribution in [0.25, 0.3) is 10.2 Å². The topological polar surface area (TPSA) is 70.5 Å². The summed E-state index contributed by atoms with van der Waals surface area (Å²) in [4.78, 5) is 21.7. The van der Waals surface area contributed by atoms with Crippen LogP contribution < -0.4 is 9.47 Å². The van der Waals surface area contributed by atoms with E-state index in [1.807, 2.05) is 6.92 Å². The minimum absolute atomic E-state index is 0.309. The molecule has 0 amide bonds. The predicted octanol–water partition coefficient (Wildman–Crippen LogP) is 4.63. The summed E-state index contributed by atoms with van der Waals surface area (Å²) in [7, 11) is 1.53. The molecule has 0 saturated heterocycles. The number of carbonyl (C=O) groups excluding carboxylic acids is 1. The van der Waals surface area contributed by atoms with Crippen molar-refractivity contribution in [1.82, 2.24) is 9.97 Å². The first-order valence-electron chi connectivity index (χ1n) is 7.47. The molecule has 2 aromatic heterocycles. The molecule has 0 radical (unpaired) electrons. The standard InChI is InChI=1S/C17H15ClN2O4S/c1-4-23-17(21)14-9(2)13-15(19-8-20-16(13)25-14)24-11-6-5-10(18)7-12(11)22-3/h5-8H,4H2,1-3H3. The Labute approximate surface area is 153 Å². The third kappa shape index (κ3) is 3.38. The van der Waals surface area contributed by atoms with Crippen LogP contribution in [-0.2, 0) is 4.74 Å². The van der Waals surface area contributed by atoms with Gasteiger partial charge in [-0.1, -0.05) is 11.6 Å². The van der Waals surface area contributed by atoms with E-state index in [-0.39, 0.29) is 5.97 Å². The second-order valence-electron chi connectivity index (χ2n) is 5.03. The summed E-state index contributed by atoms with van der Waals surface area (Å²) in [6.45, 7) is 3.89. The van der Waals surface area contributed by atoms with Crippen molar-refractivity contribution in [3.8, 4) is 17.4 Å². The first kappa shape index (κ1) is 17.4. The summed E-state index contributed by atoms with van der Waals surface area (Å²) in [5, 5.41) is 1.21. The van der Waals surface area contributed by atoms with Gasteiger partial charge in [-0.2, -0.15) is 0 Å². The van der Waals surface area contributed by atoms with Gasteiger partial charge in [0.2, 0.25) is 5.88 Å². The highest BCUT2D eigenvalue weighted by Crippen LogP contribution is 2.39. The van der Waals surface area contributed by atoms with Crippen molar-refractivity contribution in [2.45, 2.75) is 13.8 Å². The third-order valence-corrected chi connectivity index (χ3v) is 4.90. The van der Waals surface area contributed by atoms with Crippen LogP contribution in [-0.4, -0.2) is 29.7 Å². The summed E-state index contributed by atoms with van der Waals surface area (Å²) < 4.78 is 16.3. The fraction of sp³-hybridized carbons (Fsp3) is 0.235. The molecule has 0 atom stereocenters. The lowest BCUT2D eigenvalue weighted by atomic mass is 10.2.